The molecule has 0 amide bonds. The van der Waals surface area contributed by atoms with E-state index in [0.29, 0.717) is 63.2 Å². The fourth-order valence-corrected chi connectivity index (χ4v) is 4.43. The van der Waals surface area contributed by atoms with Gasteiger partial charge in [-0.25, -0.2) is 24.0 Å². The molecule has 0 saturated heterocycles. The van der Waals surface area contributed by atoms with Gasteiger partial charge in [0.15, 0.2) is 0 Å². The van der Waals surface area contributed by atoms with Gasteiger partial charge in [-0.1, -0.05) is 13.2 Å². The van der Waals surface area contributed by atoms with Gasteiger partial charge in [-0.15, -0.1) is 0 Å². The highest BCUT2D eigenvalue weighted by atomic mass is 16.6. The van der Waals surface area contributed by atoms with E-state index in [1.54, 1.807) is 24.3 Å². The third-order valence-corrected chi connectivity index (χ3v) is 7.28. The second-order valence-corrected chi connectivity index (χ2v) is 11.5. The van der Waals surface area contributed by atoms with Crippen LogP contribution in [0.3, 0.4) is 0 Å². The van der Waals surface area contributed by atoms with Crippen LogP contribution in [0.25, 0.3) is 0 Å². The van der Waals surface area contributed by atoms with Crippen molar-refractivity contribution in [3.05, 3.63) is 109 Å². The summed E-state index contributed by atoms with van der Waals surface area (Å²) < 4.78 is 42.6. The summed E-state index contributed by atoms with van der Waals surface area (Å²) in [6.45, 7) is 9.36. The standard InChI is InChI=1S/C41H44O14/c1-4-37(43)51-25-9-7-23-49-32-16-12-30(13-17-32)39(45)54-34-20-21-36(35(28-34)41(47)53-27-11-6-22-48-29(3)42)55-40(46)31-14-18-33(19-15-31)50-24-8-10-26-52-38(44)5-2/h4-5,12-21,28H,1-2,6-11,22-27H2,3H3. The molecule has 3 rings (SSSR count). The Hall–Kier alpha value is -6.44. The highest BCUT2D eigenvalue weighted by molar-refractivity contribution is 5.97. The quantitative estimate of drug-likeness (QED) is 0.0322. The van der Waals surface area contributed by atoms with Crippen molar-refractivity contribution in [1.82, 2.24) is 0 Å². The van der Waals surface area contributed by atoms with Crippen molar-refractivity contribution in [2.75, 3.05) is 39.6 Å². The number of ether oxygens (including phenoxy) is 8. The summed E-state index contributed by atoms with van der Waals surface area (Å²) in [4.78, 5) is 72.5. The topological polar surface area (TPSA) is 176 Å². The van der Waals surface area contributed by atoms with E-state index in [2.05, 4.69) is 13.2 Å². The zero-order valence-electron chi connectivity index (χ0n) is 30.6. The lowest BCUT2D eigenvalue weighted by atomic mass is 10.1. The van der Waals surface area contributed by atoms with E-state index in [9.17, 15) is 28.8 Å². The van der Waals surface area contributed by atoms with E-state index in [0.717, 1.165) is 12.2 Å². The van der Waals surface area contributed by atoms with Crippen LogP contribution < -0.4 is 18.9 Å². The van der Waals surface area contributed by atoms with Gasteiger partial charge in [0, 0.05) is 19.1 Å². The van der Waals surface area contributed by atoms with Gasteiger partial charge in [-0.3, -0.25) is 4.79 Å². The van der Waals surface area contributed by atoms with Crippen LogP contribution in [0, 0.1) is 0 Å². The van der Waals surface area contributed by atoms with E-state index in [1.807, 2.05) is 0 Å². The van der Waals surface area contributed by atoms with Crippen molar-refractivity contribution in [3.63, 3.8) is 0 Å². The molecule has 0 spiro atoms. The molecule has 292 valence electrons. The molecule has 0 aliphatic rings. The highest BCUT2D eigenvalue weighted by Gasteiger charge is 2.21. The van der Waals surface area contributed by atoms with E-state index in [4.69, 9.17) is 37.9 Å². The summed E-state index contributed by atoms with van der Waals surface area (Å²) >= 11 is 0. The van der Waals surface area contributed by atoms with Gasteiger partial charge in [0.2, 0.25) is 0 Å². The van der Waals surface area contributed by atoms with Crippen LogP contribution in [0.15, 0.2) is 92.0 Å². The van der Waals surface area contributed by atoms with Gasteiger partial charge in [0.25, 0.3) is 0 Å². The van der Waals surface area contributed by atoms with Crippen molar-refractivity contribution >= 4 is 35.8 Å². The van der Waals surface area contributed by atoms with Crippen LogP contribution in [0.2, 0.25) is 0 Å². The second-order valence-electron chi connectivity index (χ2n) is 11.5. The zero-order chi connectivity index (χ0) is 39.8. The van der Waals surface area contributed by atoms with Crippen LogP contribution >= 0.6 is 0 Å². The van der Waals surface area contributed by atoms with Gasteiger partial charge in [-0.05, 0) is 105 Å². The monoisotopic (exact) mass is 760 g/mol. The third-order valence-electron chi connectivity index (χ3n) is 7.28. The first-order valence-corrected chi connectivity index (χ1v) is 17.5. The Labute approximate surface area is 318 Å². The lowest BCUT2D eigenvalue weighted by Crippen LogP contribution is -2.15. The molecular weight excluding hydrogens is 716 g/mol. The van der Waals surface area contributed by atoms with Crippen LogP contribution in [-0.2, 0) is 33.3 Å². The average Bonchev–Trinajstić information content (AvgIpc) is 3.19. The predicted octanol–water partition coefficient (Wildman–Crippen LogP) is 6.40. The molecule has 0 atom stereocenters. The minimum atomic E-state index is -0.837. The maximum atomic E-state index is 13.2. The van der Waals surface area contributed by atoms with E-state index < -0.39 is 35.8 Å². The van der Waals surface area contributed by atoms with Crippen LogP contribution in [0.5, 0.6) is 23.0 Å². The predicted molar refractivity (Wildman–Crippen MR) is 197 cm³/mol. The SMILES string of the molecule is C=CC(=O)OCCCCOc1ccc(C(=O)Oc2ccc(OC(=O)c3ccc(OCCCCOC(=O)C=C)cc3)c(C(=O)OCCCCOC(C)=O)c2)cc1. The van der Waals surface area contributed by atoms with Gasteiger partial charge in [0.1, 0.15) is 28.6 Å². The fourth-order valence-electron chi connectivity index (χ4n) is 4.43. The molecule has 14 heteroatoms. The summed E-state index contributed by atoms with van der Waals surface area (Å²) in [5.74, 6) is -2.82. The molecule has 0 radical (unpaired) electrons. The first-order valence-electron chi connectivity index (χ1n) is 17.5. The number of carbonyl (C=O) groups excluding carboxylic acids is 6. The van der Waals surface area contributed by atoms with Crippen LogP contribution in [-0.4, -0.2) is 75.5 Å². The van der Waals surface area contributed by atoms with Gasteiger partial charge >= 0.3 is 35.8 Å². The average molecular weight is 761 g/mol. The molecule has 0 unspecified atom stereocenters. The van der Waals surface area contributed by atoms with E-state index in [1.165, 1.54) is 49.4 Å². The molecule has 0 aliphatic carbocycles. The molecular formula is C41H44O14. The number of esters is 6. The Bertz CT molecular complexity index is 1760. The van der Waals surface area contributed by atoms with Crippen molar-refractivity contribution in [3.8, 4) is 23.0 Å². The first kappa shape index (κ1) is 43.0. The smallest absolute Gasteiger partial charge is 0.343 e. The Morgan fingerprint density at radius 1 is 0.491 bits per heavy atom. The third kappa shape index (κ3) is 16.4. The molecule has 0 saturated carbocycles. The molecule has 0 N–H and O–H groups in total. The van der Waals surface area contributed by atoms with Gasteiger partial charge < -0.3 is 37.9 Å². The summed E-state index contributed by atoms with van der Waals surface area (Å²) in [7, 11) is 0. The molecule has 0 aliphatic heterocycles. The summed E-state index contributed by atoms with van der Waals surface area (Å²) in [5, 5.41) is 0. The van der Waals surface area contributed by atoms with E-state index >= 15 is 0 Å². The second kappa shape index (κ2) is 24.0. The van der Waals surface area contributed by atoms with E-state index in [-0.39, 0.29) is 54.6 Å². The summed E-state index contributed by atoms with van der Waals surface area (Å²) in [6, 6.07) is 16.4. The first-order chi connectivity index (χ1) is 26.6. The maximum absolute atomic E-state index is 13.2. The molecule has 3 aromatic rings. The lowest BCUT2D eigenvalue weighted by Gasteiger charge is -2.13. The number of rotatable bonds is 24. The van der Waals surface area contributed by atoms with Crippen molar-refractivity contribution in [2.24, 2.45) is 0 Å². The van der Waals surface area contributed by atoms with Crippen molar-refractivity contribution in [1.29, 1.82) is 0 Å². The largest absolute Gasteiger partial charge is 0.494 e. The number of benzene rings is 3. The van der Waals surface area contributed by atoms with Crippen molar-refractivity contribution < 1.29 is 66.7 Å². The Kier molecular flexibility index (Phi) is 18.7. The van der Waals surface area contributed by atoms with Crippen LogP contribution in [0.1, 0.15) is 76.5 Å². The minimum absolute atomic E-state index is 0.00976. The number of unbranched alkanes of at least 4 members (excludes halogenated alkanes) is 3. The van der Waals surface area contributed by atoms with Gasteiger partial charge in [0.05, 0.1) is 50.8 Å². The molecule has 0 aromatic heterocycles. The normalized spacial score (nSPS) is 10.3. The maximum Gasteiger partial charge on any atom is 0.343 e. The molecule has 0 heterocycles. The Balaban J connectivity index is 1.62. The number of hydrogen-bond acceptors (Lipinski definition) is 14. The molecule has 3 aromatic carbocycles. The Morgan fingerprint density at radius 3 is 1.38 bits per heavy atom. The summed E-state index contributed by atoms with van der Waals surface area (Å²) in [6.07, 6.45) is 5.52. The number of carbonyl (C=O) groups is 6. The molecule has 0 bridgehead atoms. The highest BCUT2D eigenvalue weighted by Crippen LogP contribution is 2.28. The lowest BCUT2D eigenvalue weighted by molar-refractivity contribution is -0.141. The number of hydrogen-bond donors (Lipinski definition) is 0. The molecule has 0 fully saturated rings. The zero-order valence-corrected chi connectivity index (χ0v) is 30.6. The van der Waals surface area contributed by atoms with Crippen LogP contribution in [0.4, 0.5) is 0 Å². The van der Waals surface area contributed by atoms with Gasteiger partial charge in [-0.2, -0.15) is 0 Å². The van der Waals surface area contributed by atoms with Crippen molar-refractivity contribution in [2.45, 2.75) is 45.4 Å². The Morgan fingerprint density at radius 2 is 0.909 bits per heavy atom. The summed E-state index contributed by atoms with van der Waals surface area (Å²) in [5.41, 5.74) is 0.211. The molecule has 14 nitrogen and oxygen atoms in total. The fraction of sp³-hybridized carbons (Fsp3) is 0.317. The minimum Gasteiger partial charge on any atom is -0.494 e. The molecule has 55 heavy (non-hydrogen) atoms.